The second-order valence-electron chi connectivity index (χ2n) is 9.37. The molecule has 3 aromatic rings. The maximum Gasteiger partial charge on any atom is 0.266 e. The number of ether oxygens (including phenoxy) is 2. The van der Waals surface area contributed by atoms with Crippen molar-refractivity contribution < 1.29 is 22.6 Å². The number of halogens is 3. The van der Waals surface area contributed by atoms with Gasteiger partial charge in [0.05, 0.1) is 41.7 Å². The van der Waals surface area contributed by atoms with Crippen molar-refractivity contribution in [1.82, 2.24) is 15.0 Å². The Morgan fingerprint density at radius 2 is 1.89 bits per heavy atom. The second kappa shape index (κ2) is 9.54. The van der Waals surface area contributed by atoms with Crippen LogP contribution in [0.4, 0.5) is 19.0 Å². The summed E-state index contributed by atoms with van der Waals surface area (Å²) in [6.07, 6.45) is -0.135. The van der Waals surface area contributed by atoms with Crippen LogP contribution in [0.3, 0.4) is 0 Å². The summed E-state index contributed by atoms with van der Waals surface area (Å²) in [7, 11) is 0. The fraction of sp³-hybridized carbons (Fsp3) is 0.462. The van der Waals surface area contributed by atoms with Gasteiger partial charge < -0.3 is 14.8 Å². The van der Waals surface area contributed by atoms with Gasteiger partial charge in [0.1, 0.15) is 23.6 Å². The Kier molecular flexibility index (Phi) is 6.43. The Morgan fingerprint density at radius 1 is 1.17 bits per heavy atom. The van der Waals surface area contributed by atoms with E-state index >= 15 is 0 Å². The molecule has 188 valence electrons. The predicted molar refractivity (Wildman–Crippen MR) is 126 cm³/mol. The molecule has 7 nitrogen and oxygen atoms in total. The van der Waals surface area contributed by atoms with E-state index in [1.807, 2.05) is 6.07 Å². The molecule has 0 unspecified atom stereocenters. The normalized spacial score (nSPS) is 18.1. The second-order valence-corrected chi connectivity index (χ2v) is 9.37. The highest BCUT2D eigenvalue weighted by Crippen LogP contribution is 2.51. The van der Waals surface area contributed by atoms with E-state index in [0.29, 0.717) is 60.2 Å². The van der Waals surface area contributed by atoms with Crippen molar-refractivity contribution in [3.63, 3.8) is 0 Å². The molecule has 5 rings (SSSR count). The zero-order valence-electron chi connectivity index (χ0n) is 20.0. The molecule has 1 aromatic carbocycles. The predicted octanol–water partition coefficient (Wildman–Crippen LogP) is 5.70. The molecule has 2 fully saturated rings. The van der Waals surface area contributed by atoms with Gasteiger partial charge in [0.2, 0.25) is 5.88 Å². The molecule has 10 heteroatoms. The zero-order chi connectivity index (χ0) is 25.4. The van der Waals surface area contributed by atoms with Crippen LogP contribution in [0.5, 0.6) is 5.88 Å². The number of rotatable bonds is 7. The highest BCUT2D eigenvalue weighted by molar-refractivity contribution is 5.88. The SMILES string of the molecule is Cc1nc(N[C@H](C)c2cccc(C(F)F)c2F)c2cc(C3(C#N)CC3)c(OC3CCOCC3)nc2n1. The molecule has 2 aliphatic rings. The summed E-state index contributed by atoms with van der Waals surface area (Å²) in [4.78, 5) is 13.7. The minimum atomic E-state index is -2.92. The van der Waals surface area contributed by atoms with Crippen molar-refractivity contribution in [2.75, 3.05) is 18.5 Å². The molecular formula is C26H26F3N5O2. The highest BCUT2D eigenvalue weighted by atomic mass is 19.3. The van der Waals surface area contributed by atoms with Gasteiger partial charge in [-0.15, -0.1) is 0 Å². The standard InChI is InChI=1S/C26H26F3N5O2/c1-14(17-4-3-5-18(21(17)27)22(28)29)31-23-19-12-20(26(13-30)8-9-26)25(34-24(19)33-15(2)32-23)36-16-6-10-35-11-7-16/h3-5,12,14,16,22H,6-11H2,1-2H3,(H,31,32,33,34)/t14-/m1/s1. The summed E-state index contributed by atoms with van der Waals surface area (Å²) in [5.74, 6) is 0.251. The summed E-state index contributed by atoms with van der Waals surface area (Å²) in [6.45, 7) is 4.59. The molecular weight excluding hydrogens is 471 g/mol. The first-order valence-corrected chi connectivity index (χ1v) is 12.0. The Morgan fingerprint density at radius 3 is 2.56 bits per heavy atom. The van der Waals surface area contributed by atoms with Gasteiger partial charge in [-0.2, -0.15) is 10.2 Å². The van der Waals surface area contributed by atoms with Crippen molar-refractivity contribution >= 4 is 16.9 Å². The number of fused-ring (bicyclic) bond motifs is 1. The quantitative estimate of drug-likeness (QED) is 0.448. The number of hydrogen-bond acceptors (Lipinski definition) is 7. The minimum Gasteiger partial charge on any atom is -0.474 e. The van der Waals surface area contributed by atoms with Crippen molar-refractivity contribution in [2.45, 2.75) is 63.5 Å². The molecule has 1 saturated heterocycles. The number of anilines is 1. The number of alkyl halides is 2. The molecule has 0 radical (unpaired) electrons. The summed E-state index contributed by atoms with van der Waals surface area (Å²) in [5, 5.41) is 13.6. The fourth-order valence-electron chi connectivity index (χ4n) is 4.56. The molecule has 1 saturated carbocycles. The number of nitrogens with zero attached hydrogens (tertiary/aromatic N) is 4. The number of nitrogens with one attached hydrogen (secondary N) is 1. The van der Waals surface area contributed by atoms with E-state index in [1.54, 1.807) is 13.8 Å². The smallest absolute Gasteiger partial charge is 0.266 e. The van der Waals surface area contributed by atoms with Crippen LogP contribution in [0, 0.1) is 24.1 Å². The molecule has 1 aliphatic carbocycles. The number of aryl methyl sites for hydroxylation is 1. The molecule has 3 heterocycles. The van der Waals surface area contributed by atoms with Gasteiger partial charge >= 0.3 is 0 Å². The van der Waals surface area contributed by atoms with E-state index in [2.05, 4.69) is 21.4 Å². The minimum absolute atomic E-state index is 0.0671. The average molecular weight is 498 g/mol. The van der Waals surface area contributed by atoms with Gasteiger partial charge in [-0.1, -0.05) is 18.2 Å². The van der Waals surface area contributed by atoms with Crippen molar-refractivity contribution in [1.29, 1.82) is 5.26 Å². The lowest BCUT2D eigenvalue weighted by atomic mass is 9.97. The summed E-state index contributed by atoms with van der Waals surface area (Å²) in [5.41, 5.74) is -0.182. The van der Waals surface area contributed by atoms with Crippen LogP contribution in [0.1, 0.15) is 67.6 Å². The van der Waals surface area contributed by atoms with E-state index < -0.39 is 29.3 Å². The van der Waals surface area contributed by atoms with Crippen LogP contribution < -0.4 is 10.1 Å². The van der Waals surface area contributed by atoms with Crippen LogP contribution >= 0.6 is 0 Å². The molecule has 36 heavy (non-hydrogen) atoms. The summed E-state index contributed by atoms with van der Waals surface area (Å²) >= 11 is 0. The van der Waals surface area contributed by atoms with Crippen molar-refractivity contribution in [2.24, 2.45) is 0 Å². The molecule has 2 aromatic heterocycles. The Balaban J connectivity index is 1.56. The van der Waals surface area contributed by atoms with Crippen molar-refractivity contribution in [3.05, 3.63) is 52.6 Å². The number of pyridine rings is 1. The first kappa shape index (κ1) is 24.3. The lowest BCUT2D eigenvalue weighted by Crippen LogP contribution is -2.27. The molecule has 0 spiro atoms. The molecule has 1 aliphatic heterocycles. The van der Waals surface area contributed by atoms with Crippen LogP contribution in [-0.2, 0) is 10.2 Å². The third-order valence-electron chi connectivity index (χ3n) is 6.80. The Labute approximate surface area is 206 Å². The molecule has 0 bridgehead atoms. The lowest BCUT2D eigenvalue weighted by molar-refractivity contribution is 0.0233. The number of nitriles is 1. The maximum atomic E-state index is 14.8. The largest absolute Gasteiger partial charge is 0.474 e. The lowest BCUT2D eigenvalue weighted by Gasteiger charge is -2.25. The number of benzene rings is 1. The van der Waals surface area contributed by atoms with Crippen LogP contribution in [-0.4, -0.2) is 34.3 Å². The third-order valence-corrected chi connectivity index (χ3v) is 6.80. The first-order chi connectivity index (χ1) is 17.3. The number of hydrogen-bond donors (Lipinski definition) is 1. The van der Waals surface area contributed by atoms with Crippen molar-refractivity contribution in [3.8, 4) is 11.9 Å². The topological polar surface area (TPSA) is 93.0 Å². The fourth-order valence-corrected chi connectivity index (χ4v) is 4.56. The van der Waals surface area contributed by atoms with E-state index in [1.165, 1.54) is 12.1 Å². The molecule has 1 atom stereocenters. The van der Waals surface area contributed by atoms with Gasteiger partial charge in [-0.25, -0.2) is 23.1 Å². The van der Waals surface area contributed by atoms with Gasteiger partial charge in [0.25, 0.3) is 6.43 Å². The number of aromatic nitrogens is 3. The molecule has 0 amide bonds. The van der Waals surface area contributed by atoms with E-state index in [9.17, 15) is 18.4 Å². The van der Waals surface area contributed by atoms with E-state index in [-0.39, 0.29) is 11.7 Å². The van der Waals surface area contributed by atoms with E-state index in [4.69, 9.17) is 14.5 Å². The van der Waals surface area contributed by atoms with Gasteiger partial charge in [-0.3, -0.25) is 0 Å². The molecule has 1 N–H and O–H groups in total. The average Bonchev–Trinajstić information content (AvgIpc) is 3.65. The summed E-state index contributed by atoms with van der Waals surface area (Å²) < 4.78 is 52.9. The monoisotopic (exact) mass is 497 g/mol. The van der Waals surface area contributed by atoms with Gasteiger partial charge in [0, 0.05) is 24.0 Å². The van der Waals surface area contributed by atoms with E-state index in [0.717, 1.165) is 18.9 Å². The van der Waals surface area contributed by atoms with Crippen LogP contribution in [0.15, 0.2) is 24.3 Å². The third kappa shape index (κ3) is 4.55. The Hall–Kier alpha value is -3.45. The zero-order valence-corrected chi connectivity index (χ0v) is 20.0. The maximum absolute atomic E-state index is 14.8. The highest BCUT2D eigenvalue weighted by Gasteiger charge is 2.48. The Bertz CT molecular complexity index is 1330. The van der Waals surface area contributed by atoms with Gasteiger partial charge in [0.15, 0.2) is 5.65 Å². The summed E-state index contributed by atoms with van der Waals surface area (Å²) in [6, 6.07) is 7.51. The van der Waals surface area contributed by atoms with Crippen LogP contribution in [0.2, 0.25) is 0 Å². The van der Waals surface area contributed by atoms with Gasteiger partial charge in [-0.05, 0) is 32.8 Å². The first-order valence-electron chi connectivity index (χ1n) is 12.0. The van der Waals surface area contributed by atoms with Crippen LogP contribution in [0.25, 0.3) is 11.0 Å².